The molecule has 0 radical (unpaired) electrons. The van der Waals surface area contributed by atoms with Crippen LogP contribution in [0, 0.1) is 11.8 Å². The average Bonchev–Trinajstić information content (AvgIpc) is 3.28. The fraction of sp³-hybridized carbons (Fsp3) is 0.520. The molecule has 1 saturated heterocycles. The fourth-order valence-electron chi connectivity index (χ4n) is 4.50. The van der Waals surface area contributed by atoms with Gasteiger partial charge in [-0.2, -0.15) is 4.98 Å². The Balaban J connectivity index is 1.87. The van der Waals surface area contributed by atoms with Gasteiger partial charge in [-0.25, -0.2) is 4.99 Å². The summed E-state index contributed by atoms with van der Waals surface area (Å²) in [6, 6.07) is 1.19. The summed E-state index contributed by atoms with van der Waals surface area (Å²) in [6.07, 6.45) is -0.273. The number of nitrogens with zero attached hydrogens (tertiary/aromatic N) is 3. The number of carbonyl (C=O) groups excluding carboxylic acids is 3. The number of aromatic nitrogens is 2. The van der Waals surface area contributed by atoms with Crippen molar-refractivity contribution in [2.75, 3.05) is 17.7 Å². The van der Waals surface area contributed by atoms with Gasteiger partial charge in [0.15, 0.2) is 17.9 Å². The minimum atomic E-state index is -1.58. The molecule has 2 aliphatic heterocycles. The Labute approximate surface area is 218 Å². The first-order valence-electron chi connectivity index (χ1n) is 12.2. The molecule has 4 rings (SSSR count). The molecule has 0 aliphatic carbocycles. The SMILES string of the molecule is CC(=O)O[C@]1(C)[C@H](OC(=O)C(C)C)[C@@H](COC(=O)C(C)C)O[C@H]1n1cc2c(N)cc(=O)nc3c2c1N=CN3. The van der Waals surface area contributed by atoms with Gasteiger partial charge in [0.05, 0.1) is 23.6 Å². The Hall–Kier alpha value is -4.00. The Morgan fingerprint density at radius 2 is 1.89 bits per heavy atom. The molecule has 0 aromatic carbocycles. The van der Waals surface area contributed by atoms with Crippen LogP contribution in [-0.4, -0.2) is 58.2 Å². The Morgan fingerprint density at radius 1 is 1.21 bits per heavy atom. The summed E-state index contributed by atoms with van der Waals surface area (Å²) in [6.45, 7) is 9.24. The number of aliphatic imine (C=N–C) groups is 1. The number of nitrogens with one attached hydrogen (secondary N) is 1. The zero-order valence-corrected chi connectivity index (χ0v) is 22.0. The van der Waals surface area contributed by atoms with E-state index in [1.165, 1.54) is 19.3 Å². The van der Waals surface area contributed by atoms with Crippen molar-refractivity contribution < 1.29 is 33.3 Å². The van der Waals surface area contributed by atoms with Crippen molar-refractivity contribution in [2.24, 2.45) is 16.8 Å². The first-order valence-corrected chi connectivity index (χ1v) is 12.2. The smallest absolute Gasteiger partial charge is 0.308 e. The van der Waals surface area contributed by atoms with Crippen LogP contribution in [-0.2, 0) is 33.3 Å². The lowest BCUT2D eigenvalue weighted by Gasteiger charge is -2.35. The third-order valence-electron chi connectivity index (χ3n) is 6.33. The van der Waals surface area contributed by atoms with Crippen LogP contribution in [0.2, 0.25) is 0 Å². The van der Waals surface area contributed by atoms with Crippen LogP contribution in [0.4, 0.5) is 17.3 Å². The third-order valence-corrected chi connectivity index (χ3v) is 6.33. The Kier molecular flexibility index (Phi) is 7.15. The largest absolute Gasteiger partial charge is 0.463 e. The van der Waals surface area contributed by atoms with E-state index in [-0.39, 0.29) is 18.1 Å². The molecule has 0 spiro atoms. The second-order valence-electron chi connectivity index (χ2n) is 10.1. The molecule has 38 heavy (non-hydrogen) atoms. The summed E-state index contributed by atoms with van der Waals surface area (Å²) in [5, 5.41) is 3.75. The van der Waals surface area contributed by atoms with Gasteiger partial charge >= 0.3 is 17.9 Å². The summed E-state index contributed by atoms with van der Waals surface area (Å²) in [5.41, 5.74) is 4.23. The van der Waals surface area contributed by atoms with Crippen LogP contribution in [0.5, 0.6) is 0 Å². The van der Waals surface area contributed by atoms with Crippen molar-refractivity contribution in [3.63, 3.8) is 0 Å². The predicted molar refractivity (Wildman–Crippen MR) is 137 cm³/mol. The highest BCUT2D eigenvalue weighted by atomic mass is 16.7. The van der Waals surface area contributed by atoms with Crippen molar-refractivity contribution in [3.8, 4) is 0 Å². The number of nitrogen functional groups attached to an aromatic ring is 1. The molecule has 13 nitrogen and oxygen atoms in total. The predicted octanol–water partition coefficient (Wildman–Crippen LogP) is 2.05. The zero-order valence-electron chi connectivity index (χ0n) is 22.0. The van der Waals surface area contributed by atoms with Crippen molar-refractivity contribution >= 4 is 52.3 Å². The van der Waals surface area contributed by atoms with Crippen molar-refractivity contribution in [2.45, 2.75) is 65.6 Å². The van der Waals surface area contributed by atoms with Gasteiger partial charge in [-0.3, -0.25) is 19.2 Å². The minimum absolute atomic E-state index is 0.153. The molecule has 2 aromatic heterocycles. The lowest BCUT2D eigenvalue weighted by Crippen LogP contribution is -2.50. The van der Waals surface area contributed by atoms with E-state index >= 15 is 0 Å². The molecule has 4 heterocycles. The molecule has 4 atom stereocenters. The molecule has 204 valence electrons. The molecule has 3 N–H and O–H groups in total. The van der Waals surface area contributed by atoms with E-state index in [2.05, 4.69) is 15.3 Å². The van der Waals surface area contributed by atoms with Crippen LogP contribution in [0.15, 0.2) is 22.1 Å². The van der Waals surface area contributed by atoms with Gasteiger partial charge < -0.3 is 34.6 Å². The number of carbonyl (C=O) groups is 3. The highest BCUT2D eigenvalue weighted by molar-refractivity contribution is 6.10. The summed E-state index contributed by atoms with van der Waals surface area (Å²) in [4.78, 5) is 57.9. The molecule has 13 heteroatoms. The lowest BCUT2D eigenvalue weighted by molar-refractivity contribution is -0.187. The number of rotatable bonds is 7. The fourth-order valence-corrected chi connectivity index (χ4v) is 4.50. The van der Waals surface area contributed by atoms with Gasteiger partial charge in [-0.1, -0.05) is 27.7 Å². The standard InChI is InChI=1S/C25H31N5O8/c1-11(2)22(33)35-9-16-19(37-23(34)12(3)4)25(6,38-13(5)31)24(36-16)30-8-14-15(26)7-17(32)29-20-18(14)21(30)28-10-27-20/h7-8,10-12,16,19,24H,9,26H2,1-6H3,(H,27,28,29,32)/t16-,19-,24-,25-/m1/s1. The molecule has 0 amide bonds. The van der Waals surface area contributed by atoms with Crippen molar-refractivity contribution in [3.05, 3.63) is 22.6 Å². The molecular formula is C25H31N5O8. The summed E-state index contributed by atoms with van der Waals surface area (Å²) < 4.78 is 24.9. The van der Waals surface area contributed by atoms with Crippen LogP contribution in [0.1, 0.15) is 47.8 Å². The van der Waals surface area contributed by atoms with E-state index in [4.69, 9.17) is 24.7 Å². The van der Waals surface area contributed by atoms with Crippen molar-refractivity contribution in [1.82, 2.24) is 9.55 Å². The second-order valence-corrected chi connectivity index (χ2v) is 10.1. The van der Waals surface area contributed by atoms with Gasteiger partial charge in [-0.05, 0) is 6.92 Å². The van der Waals surface area contributed by atoms with Gasteiger partial charge in [0.1, 0.15) is 24.3 Å². The number of hydrogen-bond acceptors (Lipinski definition) is 12. The molecule has 2 aliphatic rings. The van der Waals surface area contributed by atoms with Gasteiger partial charge in [0, 0.05) is 30.3 Å². The zero-order chi connectivity index (χ0) is 27.9. The maximum Gasteiger partial charge on any atom is 0.308 e. The normalized spacial score (nSPS) is 23.9. The van der Waals surface area contributed by atoms with E-state index in [9.17, 15) is 19.2 Å². The van der Waals surface area contributed by atoms with E-state index in [1.54, 1.807) is 45.4 Å². The second kappa shape index (κ2) is 10.0. The molecule has 0 unspecified atom stereocenters. The Bertz CT molecular complexity index is 1380. The third kappa shape index (κ3) is 4.80. The number of ether oxygens (including phenoxy) is 4. The maximum absolute atomic E-state index is 12.7. The Morgan fingerprint density at radius 3 is 2.53 bits per heavy atom. The van der Waals surface area contributed by atoms with Crippen LogP contribution >= 0.6 is 0 Å². The number of esters is 3. The van der Waals surface area contributed by atoms with Crippen molar-refractivity contribution in [1.29, 1.82) is 0 Å². The molecule has 0 saturated carbocycles. The highest BCUT2D eigenvalue weighted by Crippen LogP contribution is 2.48. The minimum Gasteiger partial charge on any atom is -0.463 e. The topological polar surface area (TPSA) is 173 Å². The van der Waals surface area contributed by atoms with E-state index in [0.29, 0.717) is 16.6 Å². The summed E-state index contributed by atoms with van der Waals surface area (Å²) in [7, 11) is 0. The van der Waals surface area contributed by atoms with Gasteiger partial charge in [0.2, 0.25) is 0 Å². The first-order chi connectivity index (χ1) is 17.8. The quantitative estimate of drug-likeness (QED) is 0.397. The summed E-state index contributed by atoms with van der Waals surface area (Å²) >= 11 is 0. The monoisotopic (exact) mass is 529 g/mol. The highest BCUT2D eigenvalue weighted by Gasteiger charge is 2.60. The summed E-state index contributed by atoms with van der Waals surface area (Å²) in [5.74, 6) is -2.00. The van der Waals surface area contributed by atoms with Crippen LogP contribution in [0.25, 0.3) is 10.8 Å². The van der Waals surface area contributed by atoms with E-state index in [1.807, 2.05) is 0 Å². The number of hydrogen-bond donors (Lipinski definition) is 2. The first kappa shape index (κ1) is 27.0. The van der Waals surface area contributed by atoms with Gasteiger partial charge in [0.25, 0.3) is 5.56 Å². The maximum atomic E-state index is 12.7. The molecule has 0 bridgehead atoms. The number of nitrogens with two attached hydrogens (primary N) is 1. The lowest BCUT2D eigenvalue weighted by atomic mass is 9.95. The van der Waals surface area contributed by atoms with Gasteiger partial charge in [-0.15, -0.1) is 0 Å². The molecular weight excluding hydrogens is 498 g/mol. The molecule has 1 fully saturated rings. The number of anilines is 2. The van der Waals surface area contributed by atoms with Crippen LogP contribution < -0.4 is 16.6 Å². The van der Waals surface area contributed by atoms with Crippen LogP contribution in [0.3, 0.4) is 0 Å². The average molecular weight is 530 g/mol. The van der Waals surface area contributed by atoms with E-state index < -0.39 is 59.3 Å². The molecule has 2 aromatic rings. The van der Waals surface area contributed by atoms with E-state index in [0.717, 1.165) is 0 Å².